The number of nitrogens with zero attached hydrogens (tertiary/aromatic N) is 3. The van der Waals surface area contributed by atoms with Gasteiger partial charge in [-0.1, -0.05) is 36.4 Å². The second kappa shape index (κ2) is 12.5. The fourth-order valence-electron chi connectivity index (χ4n) is 3.58. The van der Waals surface area contributed by atoms with Crippen molar-refractivity contribution in [1.82, 2.24) is 15.2 Å². The van der Waals surface area contributed by atoms with Crippen LogP contribution in [-0.4, -0.2) is 47.9 Å². The molecule has 6 nitrogen and oxygen atoms in total. The molecule has 30 heavy (non-hydrogen) atoms. The van der Waals surface area contributed by atoms with Crippen LogP contribution in [0.4, 0.5) is 5.82 Å². The Morgan fingerprint density at radius 2 is 2.03 bits per heavy atom. The fraction of sp³-hybridized carbons (Fsp3) is 0.435. The van der Waals surface area contributed by atoms with Crippen molar-refractivity contribution in [3.05, 3.63) is 59.8 Å². The third kappa shape index (κ3) is 7.59. The minimum Gasteiger partial charge on any atom is -0.357 e. The number of hydrogen-bond donors (Lipinski definition) is 2. The number of hydrogen-bond acceptors (Lipinski definition) is 3. The van der Waals surface area contributed by atoms with E-state index in [-0.39, 0.29) is 29.9 Å². The van der Waals surface area contributed by atoms with Crippen molar-refractivity contribution in [1.29, 1.82) is 0 Å². The Balaban J connectivity index is 0.00000320. The minimum atomic E-state index is -0.0654. The third-order valence-corrected chi connectivity index (χ3v) is 5.07. The number of guanidine groups is 1. The molecule has 1 saturated heterocycles. The predicted octanol–water partition coefficient (Wildman–Crippen LogP) is 3.87. The highest BCUT2D eigenvalue weighted by Crippen LogP contribution is 2.21. The standard InChI is InChI=1S/C23H31N5O.HI/c1-3-24-23(25-13-11-22(29)27-21-10-9-18(2)16-26-21)28-14-12-20(17-28)15-19-7-5-4-6-8-19;/h4-10,16,20H,3,11-15,17H2,1-2H3,(H,24,25)(H,26,27,29);1H. The van der Waals surface area contributed by atoms with Crippen LogP contribution in [0.1, 0.15) is 30.9 Å². The van der Waals surface area contributed by atoms with Crippen LogP contribution in [0.25, 0.3) is 0 Å². The molecule has 1 fully saturated rings. The number of anilines is 1. The number of halogens is 1. The molecule has 0 bridgehead atoms. The number of carbonyl (C=O) groups is 1. The molecule has 1 atom stereocenters. The van der Waals surface area contributed by atoms with Crippen molar-refractivity contribution in [2.24, 2.45) is 10.9 Å². The first-order valence-corrected chi connectivity index (χ1v) is 10.4. The van der Waals surface area contributed by atoms with Crippen LogP contribution in [0.2, 0.25) is 0 Å². The first kappa shape index (κ1) is 24.1. The molecule has 2 N–H and O–H groups in total. The van der Waals surface area contributed by atoms with Crippen LogP contribution >= 0.6 is 24.0 Å². The quantitative estimate of drug-likeness (QED) is 0.330. The van der Waals surface area contributed by atoms with Gasteiger partial charge in [0.1, 0.15) is 5.82 Å². The molecular weight excluding hydrogens is 489 g/mol. The number of nitrogens with one attached hydrogen (secondary N) is 2. The van der Waals surface area contributed by atoms with E-state index in [1.54, 1.807) is 6.20 Å². The predicted molar refractivity (Wildman–Crippen MR) is 133 cm³/mol. The monoisotopic (exact) mass is 521 g/mol. The van der Waals surface area contributed by atoms with E-state index in [2.05, 4.69) is 62.8 Å². The van der Waals surface area contributed by atoms with Crippen molar-refractivity contribution in [2.45, 2.75) is 33.1 Å². The molecule has 1 unspecified atom stereocenters. The molecule has 2 aromatic rings. The zero-order valence-corrected chi connectivity index (χ0v) is 20.1. The lowest BCUT2D eigenvalue weighted by atomic mass is 9.99. The molecule has 162 valence electrons. The molecule has 1 aromatic carbocycles. The van der Waals surface area contributed by atoms with E-state index in [1.165, 1.54) is 12.0 Å². The van der Waals surface area contributed by atoms with Gasteiger partial charge in [0.2, 0.25) is 5.91 Å². The van der Waals surface area contributed by atoms with Gasteiger partial charge in [0.25, 0.3) is 0 Å². The number of rotatable bonds is 7. The van der Waals surface area contributed by atoms with E-state index < -0.39 is 0 Å². The number of pyridine rings is 1. The number of carbonyl (C=O) groups excluding carboxylic acids is 1. The Labute approximate surface area is 196 Å². The van der Waals surface area contributed by atoms with Gasteiger partial charge < -0.3 is 15.5 Å². The lowest BCUT2D eigenvalue weighted by molar-refractivity contribution is -0.116. The Kier molecular flexibility index (Phi) is 10.1. The highest BCUT2D eigenvalue weighted by Gasteiger charge is 2.24. The molecule has 1 aromatic heterocycles. The van der Waals surface area contributed by atoms with E-state index in [9.17, 15) is 4.79 Å². The van der Waals surface area contributed by atoms with E-state index in [4.69, 9.17) is 0 Å². The van der Waals surface area contributed by atoms with Gasteiger partial charge in [0.05, 0.1) is 6.54 Å². The van der Waals surface area contributed by atoms with Crippen LogP contribution < -0.4 is 10.6 Å². The van der Waals surface area contributed by atoms with Crippen molar-refractivity contribution in [3.8, 4) is 0 Å². The Bertz CT molecular complexity index is 810. The highest BCUT2D eigenvalue weighted by molar-refractivity contribution is 14.0. The summed E-state index contributed by atoms with van der Waals surface area (Å²) in [6.45, 7) is 7.32. The maximum Gasteiger partial charge on any atom is 0.227 e. The summed E-state index contributed by atoms with van der Waals surface area (Å²) in [4.78, 5) is 23.4. The average Bonchev–Trinajstić information content (AvgIpc) is 3.18. The van der Waals surface area contributed by atoms with Crippen molar-refractivity contribution in [2.75, 3.05) is 31.5 Å². The Hall–Kier alpha value is -2.16. The van der Waals surface area contributed by atoms with Gasteiger partial charge in [-0.15, -0.1) is 24.0 Å². The van der Waals surface area contributed by atoms with Gasteiger partial charge in [-0.2, -0.15) is 0 Å². The first-order chi connectivity index (χ1) is 14.1. The summed E-state index contributed by atoms with van der Waals surface area (Å²) in [6, 6.07) is 14.4. The summed E-state index contributed by atoms with van der Waals surface area (Å²) in [6.07, 6.45) is 4.35. The van der Waals surface area contributed by atoms with Gasteiger partial charge in [-0.3, -0.25) is 9.79 Å². The molecule has 1 amide bonds. The molecule has 2 heterocycles. The van der Waals surface area contributed by atoms with Crippen molar-refractivity contribution in [3.63, 3.8) is 0 Å². The zero-order chi connectivity index (χ0) is 20.5. The maximum atomic E-state index is 12.2. The molecule has 0 radical (unpaired) electrons. The summed E-state index contributed by atoms with van der Waals surface area (Å²) in [5, 5.41) is 6.20. The molecule has 1 aliphatic heterocycles. The van der Waals surface area contributed by atoms with Crippen LogP contribution in [-0.2, 0) is 11.2 Å². The summed E-state index contributed by atoms with van der Waals surface area (Å²) < 4.78 is 0. The van der Waals surface area contributed by atoms with E-state index in [0.29, 0.717) is 24.7 Å². The number of aryl methyl sites for hydroxylation is 1. The van der Waals surface area contributed by atoms with E-state index >= 15 is 0 Å². The third-order valence-electron chi connectivity index (χ3n) is 5.07. The molecule has 1 aliphatic rings. The van der Waals surface area contributed by atoms with Gasteiger partial charge in [-0.25, -0.2) is 4.98 Å². The Morgan fingerprint density at radius 1 is 1.23 bits per heavy atom. The lowest BCUT2D eigenvalue weighted by Gasteiger charge is -2.21. The molecule has 0 saturated carbocycles. The highest BCUT2D eigenvalue weighted by atomic mass is 127. The number of amides is 1. The van der Waals surface area contributed by atoms with Crippen LogP contribution in [0, 0.1) is 12.8 Å². The first-order valence-electron chi connectivity index (χ1n) is 10.4. The summed E-state index contributed by atoms with van der Waals surface area (Å²) in [7, 11) is 0. The van der Waals surface area contributed by atoms with E-state index in [1.807, 2.05) is 19.1 Å². The van der Waals surface area contributed by atoms with Gasteiger partial charge in [-0.05, 0) is 49.8 Å². The zero-order valence-electron chi connectivity index (χ0n) is 17.8. The second-order valence-corrected chi connectivity index (χ2v) is 7.55. The molecule has 0 spiro atoms. The number of benzene rings is 1. The van der Waals surface area contributed by atoms with Crippen molar-refractivity contribution < 1.29 is 4.79 Å². The summed E-state index contributed by atoms with van der Waals surface area (Å²) >= 11 is 0. The fourth-order valence-corrected chi connectivity index (χ4v) is 3.58. The number of likely N-dealkylation sites (tertiary alicyclic amines) is 1. The summed E-state index contributed by atoms with van der Waals surface area (Å²) in [5.41, 5.74) is 2.46. The molecule has 7 heteroatoms. The van der Waals surface area contributed by atoms with Crippen LogP contribution in [0.5, 0.6) is 0 Å². The second-order valence-electron chi connectivity index (χ2n) is 7.55. The smallest absolute Gasteiger partial charge is 0.227 e. The molecule has 0 aliphatic carbocycles. The SMILES string of the molecule is CCNC(=NCCC(=O)Nc1ccc(C)cn1)N1CCC(Cc2ccccc2)C1.I. The maximum absolute atomic E-state index is 12.2. The van der Waals surface area contributed by atoms with Gasteiger partial charge in [0, 0.05) is 32.3 Å². The Morgan fingerprint density at radius 3 is 2.73 bits per heavy atom. The number of aromatic nitrogens is 1. The largest absolute Gasteiger partial charge is 0.357 e. The van der Waals surface area contributed by atoms with Crippen LogP contribution in [0.15, 0.2) is 53.7 Å². The van der Waals surface area contributed by atoms with Crippen molar-refractivity contribution >= 4 is 41.7 Å². The normalized spacial score (nSPS) is 16.1. The molecule has 3 rings (SSSR count). The van der Waals surface area contributed by atoms with E-state index in [0.717, 1.165) is 37.6 Å². The topological polar surface area (TPSA) is 69.6 Å². The lowest BCUT2D eigenvalue weighted by Crippen LogP contribution is -2.40. The molecular formula is C23H32IN5O. The van der Waals surface area contributed by atoms with Crippen LogP contribution in [0.3, 0.4) is 0 Å². The average molecular weight is 521 g/mol. The summed E-state index contributed by atoms with van der Waals surface area (Å²) in [5.74, 6) is 2.06. The van der Waals surface area contributed by atoms with Gasteiger partial charge >= 0.3 is 0 Å². The van der Waals surface area contributed by atoms with Gasteiger partial charge in [0.15, 0.2) is 5.96 Å². The number of aliphatic imine (C=N–C) groups is 1. The minimum absolute atomic E-state index is 0.